The van der Waals surface area contributed by atoms with Crippen LogP contribution in [0.1, 0.15) is 24.4 Å². The van der Waals surface area contributed by atoms with Gasteiger partial charge in [-0.25, -0.2) is 0 Å². The summed E-state index contributed by atoms with van der Waals surface area (Å²) >= 11 is 5.56. The Balaban J connectivity index is 2.26. The van der Waals surface area contributed by atoms with E-state index in [0.29, 0.717) is 6.54 Å². The first kappa shape index (κ1) is 12.0. The monoisotopic (exact) mass is 255 g/mol. The molecular weight excluding hydrogens is 242 g/mol. The van der Waals surface area contributed by atoms with Crippen LogP contribution in [0, 0.1) is 0 Å². The molecule has 92 valence electrons. The zero-order valence-electron chi connectivity index (χ0n) is 9.27. The van der Waals surface area contributed by atoms with E-state index in [-0.39, 0.29) is 29.3 Å². The number of hydrogen-bond acceptors (Lipinski definition) is 3. The van der Waals surface area contributed by atoms with Crippen molar-refractivity contribution in [3.63, 3.8) is 0 Å². The molecule has 4 nitrogen and oxygen atoms in total. The molecule has 0 radical (unpaired) electrons. The van der Waals surface area contributed by atoms with Crippen LogP contribution in [0.4, 0.5) is 0 Å². The van der Waals surface area contributed by atoms with Gasteiger partial charge in [0.2, 0.25) is 5.91 Å². The van der Waals surface area contributed by atoms with Crippen LogP contribution in [-0.4, -0.2) is 33.4 Å². The summed E-state index contributed by atoms with van der Waals surface area (Å²) in [5.74, 6) is -0.433. The van der Waals surface area contributed by atoms with Crippen LogP contribution in [0.3, 0.4) is 0 Å². The molecule has 0 aromatic heterocycles. The van der Waals surface area contributed by atoms with Gasteiger partial charge in [0.25, 0.3) is 0 Å². The lowest BCUT2D eigenvalue weighted by Crippen LogP contribution is -2.31. The van der Waals surface area contributed by atoms with Crippen molar-refractivity contribution in [1.29, 1.82) is 0 Å². The first-order valence-corrected chi connectivity index (χ1v) is 6.04. The first-order valence-electron chi connectivity index (χ1n) is 5.51. The van der Waals surface area contributed by atoms with Crippen molar-refractivity contribution in [2.45, 2.75) is 18.9 Å². The molecule has 0 bridgehead atoms. The maximum Gasteiger partial charge on any atom is 0.238 e. The zero-order chi connectivity index (χ0) is 12.4. The number of carbonyl (C=O) groups excluding carboxylic acids is 1. The zero-order valence-corrected chi connectivity index (χ0v) is 10.0. The lowest BCUT2D eigenvalue weighted by molar-refractivity contribution is -0.129. The molecule has 1 aliphatic heterocycles. The van der Waals surface area contributed by atoms with Crippen LogP contribution in [0.15, 0.2) is 18.2 Å². The summed E-state index contributed by atoms with van der Waals surface area (Å²) in [5.41, 5.74) is 0.830. The van der Waals surface area contributed by atoms with Gasteiger partial charge in [-0.2, -0.15) is 0 Å². The number of aromatic hydroxyl groups is 2. The summed E-state index contributed by atoms with van der Waals surface area (Å²) in [6, 6.07) is 4.61. The Hall–Kier alpha value is -1.42. The summed E-state index contributed by atoms with van der Waals surface area (Å²) < 4.78 is 0. The molecular formula is C12H14ClNO3. The number of benzene rings is 1. The van der Waals surface area contributed by atoms with E-state index in [1.54, 1.807) is 11.0 Å². The van der Waals surface area contributed by atoms with Crippen LogP contribution in [-0.2, 0) is 4.79 Å². The molecule has 0 saturated carbocycles. The number of phenolic OH excluding ortho intramolecular Hbond substituents is 2. The van der Waals surface area contributed by atoms with Crippen LogP contribution in [0.25, 0.3) is 0 Å². The summed E-state index contributed by atoms with van der Waals surface area (Å²) in [4.78, 5) is 13.4. The lowest BCUT2D eigenvalue weighted by Gasteiger charge is -2.24. The van der Waals surface area contributed by atoms with E-state index in [9.17, 15) is 15.0 Å². The summed E-state index contributed by atoms with van der Waals surface area (Å²) in [6.45, 7) is 0.692. The minimum absolute atomic E-state index is 0.0272. The fourth-order valence-corrected chi connectivity index (χ4v) is 2.39. The molecule has 1 atom stereocenters. The molecule has 1 aromatic rings. The fourth-order valence-electron chi connectivity index (χ4n) is 2.24. The molecule has 1 aliphatic rings. The topological polar surface area (TPSA) is 60.8 Å². The van der Waals surface area contributed by atoms with Gasteiger partial charge in [-0.3, -0.25) is 4.79 Å². The van der Waals surface area contributed by atoms with Gasteiger partial charge in [0, 0.05) is 6.54 Å². The third-order valence-electron chi connectivity index (χ3n) is 3.07. The van der Waals surface area contributed by atoms with E-state index < -0.39 is 0 Å². The Morgan fingerprint density at radius 3 is 2.82 bits per heavy atom. The molecule has 1 unspecified atom stereocenters. The van der Waals surface area contributed by atoms with E-state index in [4.69, 9.17) is 11.6 Å². The van der Waals surface area contributed by atoms with Crippen LogP contribution >= 0.6 is 11.6 Å². The quantitative estimate of drug-likeness (QED) is 0.628. The number of phenols is 2. The van der Waals surface area contributed by atoms with Crippen LogP contribution in [0.5, 0.6) is 11.5 Å². The SMILES string of the molecule is O=C(CCl)N1CCCC1c1ccc(O)c(O)c1. The third-order valence-corrected chi connectivity index (χ3v) is 3.30. The molecule has 0 aliphatic carbocycles. The van der Waals surface area contributed by atoms with Gasteiger partial charge in [-0.15, -0.1) is 11.6 Å². The van der Waals surface area contributed by atoms with Crippen molar-refractivity contribution < 1.29 is 15.0 Å². The van der Waals surface area contributed by atoms with Crippen LogP contribution < -0.4 is 0 Å². The van der Waals surface area contributed by atoms with Gasteiger partial charge in [0.05, 0.1) is 6.04 Å². The number of amides is 1. The highest BCUT2D eigenvalue weighted by atomic mass is 35.5. The second-order valence-electron chi connectivity index (χ2n) is 4.13. The van der Waals surface area contributed by atoms with E-state index >= 15 is 0 Å². The molecule has 2 N–H and O–H groups in total. The van der Waals surface area contributed by atoms with Gasteiger partial charge in [0.15, 0.2) is 11.5 Å². The number of hydrogen-bond donors (Lipinski definition) is 2. The predicted octanol–water partition coefficient (Wildman–Crippen LogP) is 2.00. The summed E-state index contributed by atoms with van der Waals surface area (Å²) in [6.07, 6.45) is 1.78. The Kier molecular flexibility index (Phi) is 3.43. The Morgan fingerprint density at radius 2 is 2.18 bits per heavy atom. The van der Waals surface area contributed by atoms with Crippen molar-refractivity contribution in [3.8, 4) is 11.5 Å². The Bertz CT molecular complexity index is 436. The number of alkyl halides is 1. The van der Waals surface area contributed by atoms with Gasteiger partial charge in [-0.1, -0.05) is 6.07 Å². The van der Waals surface area contributed by atoms with Crippen molar-refractivity contribution >= 4 is 17.5 Å². The van der Waals surface area contributed by atoms with E-state index in [1.165, 1.54) is 12.1 Å². The Labute approximate surface area is 104 Å². The van der Waals surface area contributed by atoms with Gasteiger partial charge in [0.1, 0.15) is 5.88 Å². The number of rotatable bonds is 2. The number of carbonyl (C=O) groups is 1. The van der Waals surface area contributed by atoms with Crippen LogP contribution in [0.2, 0.25) is 0 Å². The molecule has 1 amide bonds. The highest BCUT2D eigenvalue weighted by Crippen LogP contribution is 2.35. The maximum atomic E-state index is 11.6. The molecule has 2 rings (SSSR count). The van der Waals surface area contributed by atoms with E-state index in [2.05, 4.69) is 0 Å². The lowest BCUT2D eigenvalue weighted by atomic mass is 10.0. The molecule has 1 heterocycles. The van der Waals surface area contributed by atoms with Gasteiger partial charge in [-0.05, 0) is 30.5 Å². The van der Waals surface area contributed by atoms with Gasteiger partial charge < -0.3 is 15.1 Å². The average molecular weight is 256 g/mol. The first-order chi connectivity index (χ1) is 8.13. The molecule has 1 aromatic carbocycles. The molecule has 0 spiro atoms. The third kappa shape index (κ3) is 2.31. The molecule has 1 fully saturated rings. The summed E-state index contributed by atoms with van der Waals surface area (Å²) in [5, 5.41) is 18.7. The number of nitrogens with zero attached hydrogens (tertiary/aromatic N) is 1. The van der Waals surface area contributed by atoms with Crippen molar-refractivity contribution in [1.82, 2.24) is 4.90 Å². The highest BCUT2D eigenvalue weighted by Gasteiger charge is 2.29. The largest absolute Gasteiger partial charge is 0.504 e. The predicted molar refractivity (Wildman–Crippen MR) is 64.2 cm³/mol. The highest BCUT2D eigenvalue weighted by molar-refractivity contribution is 6.27. The number of halogens is 1. The minimum atomic E-state index is -0.160. The van der Waals surface area contributed by atoms with E-state index in [1.807, 2.05) is 0 Å². The second kappa shape index (κ2) is 4.84. The maximum absolute atomic E-state index is 11.6. The fraction of sp³-hybridized carbons (Fsp3) is 0.417. The van der Waals surface area contributed by atoms with Crippen molar-refractivity contribution in [2.24, 2.45) is 0 Å². The molecule has 1 saturated heterocycles. The standard InChI is InChI=1S/C12H14ClNO3/c13-7-12(17)14-5-1-2-9(14)8-3-4-10(15)11(16)6-8/h3-4,6,9,15-16H,1-2,5,7H2. The number of likely N-dealkylation sites (tertiary alicyclic amines) is 1. The summed E-state index contributed by atoms with van der Waals surface area (Å²) in [7, 11) is 0. The van der Waals surface area contributed by atoms with E-state index in [0.717, 1.165) is 18.4 Å². The normalized spacial score (nSPS) is 19.6. The minimum Gasteiger partial charge on any atom is -0.504 e. The second-order valence-corrected chi connectivity index (χ2v) is 4.39. The Morgan fingerprint density at radius 1 is 1.41 bits per heavy atom. The van der Waals surface area contributed by atoms with Crippen molar-refractivity contribution in [2.75, 3.05) is 12.4 Å². The molecule has 5 heteroatoms. The average Bonchev–Trinajstić information content (AvgIpc) is 2.80. The van der Waals surface area contributed by atoms with Crippen molar-refractivity contribution in [3.05, 3.63) is 23.8 Å². The van der Waals surface area contributed by atoms with Gasteiger partial charge >= 0.3 is 0 Å². The molecule has 17 heavy (non-hydrogen) atoms. The smallest absolute Gasteiger partial charge is 0.238 e.